The van der Waals surface area contributed by atoms with E-state index < -0.39 is 17.8 Å². The number of quaternary nitrogens is 1. The number of nitrogens with one attached hydrogen (secondary N) is 2. The molecule has 3 fully saturated rings. The van der Waals surface area contributed by atoms with Gasteiger partial charge in [-0.1, -0.05) is 0 Å². The molecule has 0 saturated carbocycles. The fourth-order valence-corrected chi connectivity index (χ4v) is 3.24. The summed E-state index contributed by atoms with van der Waals surface area (Å²) in [7, 11) is 0. The Hall–Kier alpha value is -1.76. The average Bonchev–Trinajstić information content (AvgIpc) is 2.48. The van der Waals surface area contributed by atoms with Gasteiger partial charge in [0.2, 0.25) is 0 Å². The minimum atomic E-state index is -4.38. The van der Waals surface area contributed by atoms with Gasteiger partial charge < -0.3 is 9.64 Å². The third-order valence-electron chi connectivity index (χ3n) is 4.47. The quantitative estimate of drug-likeness (QED) is 0.876. The maximum Gasteiger partial charge on any atom is 0.416 e. The van der Waals surface area contributed by atoms with Gasteiger partial charge in [-0.2, -0.15) is 13.2 Å². The van der Waals surface area contributed by atoms with Crippen LogP contribution in [0, 0.1) is 5.92 Å². The molecule has 3 aliphatic rings. The Labute approximate surface area is 126 Å². The number of alkyl halides is 3. The van der Waals surface area contributed by atoms with E-state index in [4.69, 9.17) is 4.74 Å². The Morgan fingerprint density at radius 2 is 1.82 bits per heavy atom. The summed E-state index contributed by atoms with van der Waals surface area (Å²) in [5.41, 5.74) is -0.445. The second-order valence-corrected chi connectivity index (χ2v) is 5.94. The zero-order valence-corrected chi connectivity index (χ0v) is 12.0. The topological polar surface area (TPSA) is 42.8 Å². The summed E-state index contributed by atoms with van der Waals surface area (Å²) < 4.78 is 42.8. The highest BCUT2D eigenvalue weighted by Gasteiger charge is 2.39. The second kappa shape index (κ2) is 5.79. The molecule has 1 amide bonds. The van der Waals surface area contributed by atoms with Crippen LogP contribution >= 0.6 is 0 Å². The number of anilines is 1. The van der Waals surface area contributed by atoms with Crippen molar-refractivity contribution in [3.05, 3.63) is 29.8 Å². The standard InChI is InChI=1S/C15H17F3N2O2/c16-15(17,18)11-1-3-12(4-2-11)19-14(21)22-13-9-20-7-5-10(13)6-8-20/h1-4,10,13H,5-9H2,(H,19,21)/p+1/t13-/m1/s1. The number of rotatable bonds is 2. The zero-order valence-electron chi connectivity index (χ0n) is 12.0. The maximum absolute atomic E-state index is 12.5. The number of carbonyl (C=O) groups is 1. The summed E-state index contributed by atoms with van der Waals surface area (Å²) in [5.74, 6) is 0.413. The van der Waals surface area contributed by atoms with E-state index in [0.29, 0.717) is 11.6 Å². The van der Waals surface area contributed by atoms with Gasteiger partial charge in [-0.05, 0) is 24.3 Å². The molecular formula is C15H18F3N2O2+. The summed E-state index contributed by atoms with van der Waals surface area (Å²) in [4.78, 5) is 13.3. The van der Waals surface area contributed by atoms with Crippen LogP contribution in [0.4, 0.5) is 23.7 Å². The minimum absolute atomic E-state index is 0.0908. The molecular weight excluding hydrogens is 297 g/mol. The van der Waals surface area contributed by atoms with E-state index in [9.17, 15) is 18.0 Å². The van der Waals surface area contributed by atoms with E-state index >= 15 is 0 Å². The zero-order chi connectivity index (χ0) is 15.7. The predicted octanol–water partition coefficient (Wildman–Crippen LogP) is 1.93. The number of carbonyl (C=O) groups excluding carboxylic acids is 1. The highest BCUT2D eigenvalue weighted by Crippen LogP contribution is 2.30. The molecule has 0 radical (unpaired) electrons. The molecule has 2 bridgehead atoms. The van der Waals surface area contributed by atoms with Crippen molar-refractivity contribution in [2.75, 3.05) is 25.0 Å². The smallest absolute Gasteiger partial charge is 0.416 e. The van der Waals surface area contributed by atoms with E-state index in [1.165, 1.54) is 17.0 Å². The van der Waals surface area contributed by atoms with Gasteiger partial charge in [0.25, 0.3) is 0 Å². The molecule has 1 aromatic rings. The number of hydrogen-bond donors (Lipinski definition) is 2. The Morgan fingerprint density at radius 3 is 2.32 bits per heavy atom. The van der Waals surface area contributed by atoms with Gasteiger partial charge in [0.15, 0.2) is 6.10 Å². The summed E-state index contributed by atoms with van der Waals surface area (Å²) in [5, 5.41) is 2.49. The molecule has 1 atom stereocenters. The van der Waals surface area contributed by atoms with Crippen molar-refractivity contribution < 1.29 is 27.6 Å². The fraction of sp³-hybridized carbons (Fsp3) is 0.533. The Balaban J connectivity index is 1.55. The van der Waals surface area contributed by atoms with E-state index in [1.54, 1.807) is 0 Å². The maximum atomic E-state index is 12.5. The van der Waals surface area contributed by atoms with E-state index in [2.05, 4.69) is 5.32 Å². The normalized spacial score (nSPS) is 27.5. The van der Waals surface area contributed by atoms with Crippen molar-refractivity contribution >= 4 is 11.8 Å². The first-order valence-corrected chi connectivity index (χ1v) is 7.40. The van der Waals surface area contributed by atoms with Crippen LogP contribution in [0.25, 0.3) is 0 Å². The molecule has 0 aliphatic carbocycles. The first kappa shape index (κ1) is 15.1. The van der Waals surface area contributed by atoms with Crippen LogP contribution in [0.5, 0.6) is 0 Å². The molecule has 2 N–H and O–H groups in total. The first-order chi connectivity index (χ1) is 10.4. The fourth-order valence-electron chi connectivity index (χ4n) is 3.24. The molecule has 7 heteroatoms. The van der Waals surface area contributed by atoms with E-state index in [1.807, 2.05) is 0 Å². The van der Waals surface area contributed by atoms with Crippen molar-refractivity contribution in [1.82, 2.24) is 0 Å². The molecule has 0 spiro atoms. The van der Waals surface area contributed by atoms with Gasteiger partial charge in [-0.25, -0.2) is 4.79 Å². The predicted molar refractivity (Wildman–Crippen MR) is 73.6 cm³/mol. The molecule has 120 valence electrons. The monoisotopic (exact) mass is 315 g/mol. The van der Waals surface area contributed by atoms with Crippen LogP contribution in [-0.2, 0) is 10.9 Å². The van der Waals surface area contributed by atoms with Crippen molar-refractivity contribution in [3.8, 4) is 0 Å². The molecule has 3 aliphatic heterocycles. The number of piperidine rings is 3. The van der Waals surface area contributed by atoms with Crippen molar-refractivity contribution in [1.29, 1.82) is 0 Å². The van der Waals surface area contributed by atoms with Gasteiger partial charge in [-0.3, -0.25) is 5.32 Å². The molecule has 0 aromatic heterocycles. The Morgan fingerprint density at radius 1 is 1.18 bits per heavy atom. The van der Waals surface area contributed by atoms with Gasteiger partial charge in [0, 0.05) is 24.4 Å². The number of ether oxygens (including phenoxy) is 1. The molecule has 4 rings (SSSR count). The summed E-state index contributed by atoms with van der Waals surface area (Å²) >= 11 is 0. The van der Waals surface area contributed by atoms with Crippen LogP contribution in [0.3, 0.4) is 0 Å². The number of amides is 1. The van der Waals surface area contributed by atoms with Gasteiger partial charge in [0.1, 0.15) is 6.54 Å². The van der Waals surface area contributed by atoms with E-state index in [-0.39, 0.29) is 6.10 Å². The van der Waals surface area contributed by atoms with E-state index in [0.717, 1.165) is 44.6 Å². The molecule has 3 heterocycles. The number of fused-ring (bicyclic) bond motifs is 3. The summed E-state index contributed by atoms with van der Waals surface area (Å²) in [6.45, 7) is 3.08. The lowest BCUT2D eigenvalue weighted by Gasteiger charge is -2.40. The van der Waals surface area contributed by atoms with Gasteiger partial charge >= 0.3 is 12.3 Å². The highest BCUT2D eigenvalue weighted by atomic mass is 19.4. The third kappa shape index (κ3) is 3.35. The van der Waals surface area contributed by atoms with Crippen LogP contribution < -0.4 is 10.2 Å². The van der Waals surface area contributed by atoms with Gasteiger partial charge in [-0.15, -0.1) is 0 Å². The summed E-state index contributed by atoms with van der Waals surface area (Å²) in [6, 6.07) is 4.33. The molecule has 22 heavy (non-hydrogen) atoms. The average molecular weight is 315 g/mol. The lowest BCUT2D eigenvalue weighted by molar-refractivity contribution is -0.920. The number of halogens is 3. The lowest BCUT2D eigenvalue weighted by atomic mass is 9.86. The lowest BCUT2D eigenvalue weighted by Crippen LogP contribution is -3.16. The van der Waals surface area contributed by atoms with Crippen LogP contribution in [-0.4, -0.2) is 31.8 Å². The van der Waals surface area contributed by atoms with Crippen molar-refractivity contribution in [2.45, 2.75) is 25.1 Å². The Kier molecular flexibility index (Phi) is 3.99. The van der Waals surface area contributed by atoms with Crippen molar-refractivity contribution in [3.63, 3.8) is 0 Å². The van der Waals surface area contributed by atoms with Crippen LogP contribution in [0.1, 0.15) is 18.4 Å². The molecule has 4 nitrogen and oxygen atoms in total. The van der Waals surface area contributed by atoms with Gasteiger partial charge in [0.05, 0.1) is 18.7 Å². The number of benzene rings is 1. The number of hydrogen-bond acceptors (Lipinski definition) is 2. The highest BCUT2D eigenvalue weighted by molar-refractivity contribution is 5.84. The SMILES string of the molecule is O=C(Nc1ccc(C(F)(F)F)cc1)O[C@@H]1C[NH+]2CCC1CC2. The summed E-state index contributed by atoms with van der Waals surface area (Å²) in [6.07, 6.45) is -2.94. The Bertz CT molecular complexity index is 537. The van der Waals surface area contributed by atoms with Crippen LogP contribution in [0.15, 0.2) is 24.3 Å². The minimum Gasteiger partial charge on any atom is -0.440 e. The molecule has 3 saturated heterocycles. The molecule has 1 aromatic carbocycles. The molecule has 0 unspecified atom stereocenters. The second-order valence-electron chi connectivity index (χ2n) is 5.94. The largest absolute Gasteiger partial charge is 0.440 e. The van der Waals surface area contributed by atoms with Crippen LogP contribution in [0.2, 0.25) is 0 Å². The van der Waals surface area contributed by atoms with Crippen molar-refractivity contribution in [2.24, 2.45) is 5.92 Å². The first-order valence-electron chi connectivity index (χ1n) is 7.40. The third-order valence-corrected chi connectivity index (χ3v) is 4.47.